The lowest BCUT2D eigenvalue weighted by Crippen LogP contribution is -1.98. The maximum absolute atomic E-state index is 13.4. The quantitative estimate of drug-likeness (QED) is 0.786. The van der Waals surface area contributed by atoms with Crippen LogP contribution in [0.1, 0.15) is 11.1 Å². The van der Waals surface area contributed by atoms with Crippen molar-refractivity contribution in [2.75, 3.05) is 0 Å². The number of hydrogen-bond donors (Lipinski definition) is 0. The van der Waals surface area contributed by atoms with E-state index in [1.165, 1.54) is 12.1 Å². The number of aryl methyl sites for hydroxylation is 1. The summed E-state index contributed by atoms with van der Waals surface area (Å²) < 4.78 is 18.9. The van der Waals surface area contributed by atoms with Crippen molar-refractivity contribution in [1.82, 2.24) is 0 Å². The first kappa shape index (κ1) is 11.9. The van der Waals surface area contributed by atoms with E-state index < -0.39 is 0 Å². The van der Waals surface area contributed by atoms with E-state index in [-0.39, 0.29) is 12.4 Å². The van der Waals surface area contributed by atoms with Crippen LogP contribution in [0, 0.1) is 12.7 Å². The van der Waals surface area contributed by atoms with Crippen molar-refractivity contribution >= 4 is 11.6 Å². The minimum atomic E-state index is -0.304. The van der Waals surface area contributed by atoms with Gasteiger partial charge in [0.2, 0.25) is 0 Å². The van der Waals surface area contributed by atoms with Crippen LogP contribution in [0.2, 0.25) is 5.02 Å². The van der Waals surface area contributed by atoms with Gasteiger partial charge < -0.3 is 4.74 Å². The molecule has 0 radical (unpaired) electrons. The van der Waals surface area contributed by atoms with Crippen LogP contribution in [0.3, 0.4) is 0 Å². The van der Waals surface area contributed by atoms with Gasteiger partial charge in [0, 0.05) is 10.6 Å². The van der Waals surface area contributed by atoms with E-state index >= 15 is 0 Å². The molecule has 1 nitrogen and oxygen atoms in total. The Bertz CT molecular complexity index is 525. The minimum absolute atomic E-state index is 0.176. The second-order valence-electron chi connectivity index (χ2n) is 3.84. The van der Waals surface area contributed by atoms with E-state index in [1.54, 1.807) is 6.07 Å². The van der Waals surface area contributed by atoms with Gasteiger partial charge in [0.25, 0.3) is 0 Å². The first-order chi connectivity index (χ1) is 8.15. The fourth-order valence-corrected chi connectivity index (χ4v) is 1.71. The molecule has 0 bridgehead atoms. The van der Waals surface area contributed by atoms with Crippen molar-refractivity contribution in [3.8, 4) is 5.75 Å². The number of ether oxygens (including phenoxy) is 1. The molecule has 0 unspecified atom stereocenters. The summed E-state index contributed by atoms with van der Waals surface area (Å²) in [5, 5.41) is 0.509. The molecule has 3 heteroatoms. The van der Waals surface area contributed by atoms with Crippen LogP contribution < -0.4 is 4.74 Å². The Balaban J connectivity index is 2.09. The van der Waals surface area contributed by atoms with Gasteiger partial charge in [-0.1, -0.05) is 23.7 Å². The van der Waals surface area contributed by atoms with Crippen molar-refractivity contribution in [2.24, 2.45) is 0 Å². The number of hydrogen-bond acceptors (Lipinski definition) is 1. The largest absolute Gasteiger partial charge is 0.489 e. The van der Waals surface area contributed by atoms with Crippen molar-refractivity contribution in [3.63, 3.8) is 0 Å². The summed E-state index contributed by atoms with van der Waals surface area (Å²) in [5.41, 5.74) is 1.56. The van der Waals surface area contributed by atoms with E-state index in [0.717, 1.165) is 11.3 Å². The predicted octanol–water partition coefficient (Wildman–Crippen LogP) is 4.37. The highest BCUT2D eigenvalue weighted by atomic mass is 35.5. The normalized spacial score (nSPS) is 10.3. The third-order valence-corrected chi connectivity index (χ3v) is 2.63. The maximum Gasteiger partial charge on any atom is 0.129 e. The molecule has 17 heavy (non-hydrogen) atoms. The first-order valence-corrected chi connectivity index (χ1v) is 5.66. The van der Waals surface area contributed by atoms with E-state index in [2.05, 4.69) is 0 Å². The zero-order chi connectivity index (χ0) is 12.3. The summed E-state index contributed by atoms with van der Waals surface area (Å²) in [5.74, 6) is 0.423. The molecule has 0 aliphatic rings. The minimum Gasteiger partial charge on any atom is -0.489 e. The summed E-state index contributed by atoms with van der Waals surface area (Å²) >= 11 is 5.80. The second kappa shape index (κ2) is 5.19. The van der Waals surface area contributed by atoms with E-state index in [1.807, 2.05) is 31.2 Å². The lowest BCUT2D eigenvalue weighted by Gasteiger charge is -2.08. The van der Waals surface area contributed by atoms with Gasteiger partial charge in [0.05, 0.1) is 0 Å². The Kier molecular flexibility index (Phi) is 3.64. The maximum atomic E-state index is 13.4. The SMILES string of the molecule is Cc1cccc(OCc2cc(Cl)ccc2F)c1. The van der Waals surface area contributed by atoms with Crippen LogP contribution in [-0.4, -0.2) is 0 Å². The zero-order valence-electron chi connectivity index (χ0n) is 9.41. The molecule has 0 saturated heterocycles. The molecule has 0 heterocycles. The molecule has 0 atom stereocenters. The number of rotatable bonds is 3. The lowest BCUT2D eigenvalue weighted by atomic mass is 10.2. The summed E-state index contributed by atoms with van der Waals surface area (Å²) in [6, 6.07) is 12.1. The van der Waals surface area contributed by atoms with Gasteiger partial charge in [-0.3, -0.25) is 0 Å². The van der Waals surface area contributed by atoms with Gasteiger partial charge in [0.1, 0.15) is 18.2 Å². The average molecular weight is 251 g/mol. The van der Waals surface area contributed by atoms with Gasteiger partial charge in [-0.15, -0.1) is 0 Å². The smallest absolute Gasteiger partial charge is 0.129 e. The average Bonchev–Trinajstić information content (AvgIpc) is 2.30. The fourth-order valence-electron chi connectivity index (χ4n) is 1.52. The molecule has 0 aromatic heterocycles. The van der Waals surface area contributed by atoms with Gasteiger partial charge in [-0.2, -0.15) is 0 Å². The monoisotopic (exact) mass is 250 g/mol. The molecular weight excluding hydrogens is 239 g/mol. The van der Waals surface area contributed by atoms with Crippen LogP contribution in [-0.2, 0) is 6.61 Å². The van der Waals surface area contributed by atoms with Gasteiger partial charge in [0.15, 0.2) is 0 Å². The van der Waals surface area contributed by atoms with Crippen LogP contribution in [0.15, 0.2) is 42.5 Å². The Morgan fingerprint density at radius 2 is 2.00 bits per heavy atom. The molecule has 0 spiro atoms. The number of benzene rings is 2. The number of halogens is 2. The molecule has 0 aliphatic heterocycles. The highest BCUT2D eigenvalue weighted by molar-refractivity contribution is 6.30. The third-order valence-electron chi connectivity index (χ3n) is 2.39. The van der Waals surface area contributed by atoms with Crippen LogP contribution in [0.4, 0.5) is 4.39 Å². The van der Waals surface area contributed by atoms with E-state index in [9.17, 15) is 4.39 Å². The van der Waals surface area contributed by atoms with Crippen LogP contribution in [0.25, 0.3) is 0 Å². The van der Waals surface area contributed by atoms with Crippen LogP contribution in [0.5, 0.6) is 5.75 Å². The second-order valence-corrected chi connectivity index (χ2v) is 4.28. The van der Waals surface area contributed by atoms with Crippen molar-refractivity contribution in [3.05, 3.63) is 64.4 Å². The van der Waals surface area contributed by atoms with Gasteiger partial charge in [-0.25, -0.2) is 4.39 Å². The summed E-state index contributed by atoms with van der Waals surface area (Å²) in [4.78, 5) is 0. The summed E-state index contributed by atoms with van der Waals surface area (Å²) in [7, 11) is 0. The van der Waals surface area contributed by atoms with Crippen molar-refractivity contribution < 1.29 is 9.13 Å². The summed E-state index contributed by atoms with van der Waals surface area (Å²) in [6.45, 7) is 2.16. The van der Waals surface area contributed by atoms with Crippen molar-refractivity contribution in [1.29, 1.82) is 0 Å². The van der Waals surface area contributed by atoms with Crippen LogP contribution >= 0.6 is 11.6 Å². The molecule has 0 amide bonds. The highest BCUT2D eigenvalue weighted by Crippen LogP contribution is 2.18. The van der Waals surface area contributed by atoms with Crippen molar-refractivity contribution in [2.45, 2.75) is 13.5 Å². The lowest BCUT2D eigenvalue weighted by molar-refractivity contribution is 0.299. The standard InChI is InChI=1S/C14H12ClFO/c1-10-3-2-4-13(7-10)17-9-11-8-12(15)5-6-14(11)16/h2-8H,9H2,1H3. The first-order valence-electron chi connectivity index (χ1n) is 5.28. The molecule has 2 aromatic rings. The van der Waals surface area contributed by atoms with E-state index in [4.69, 9.17) is 16.3 Å². The van der Waals surface area contributed by atoms with Gasteiger partial charge in [-0.05, 0) is 42.8 Å². The third kappa shape index (κ3) is 3.21. The molecule has 2 aromatic carbocycles. The topological polar surface area (TPSA) is 9.23 Å². The molecule has 0 aliphatic carbocycles. The molecule has 0 saturated carbocycles. The molecule has 88 valence electrons. The Labute approximate surface area is 105 Å². The van der Waals surface area contributed by atoms with E-state index in [0.29, 0.717) is 10.6 Å². The Morgan fingerprint density at radius 3 is 2.76 bits per heavy atom. The molecule has 2 rings (SSSR count). The molecule has 0 N–H and O–H groups in total. The predicted molar refractivity (Wildman–Crippen MR) is 66.9 cm³/mol. The fraction of sp³-hybridized carbons (Fsp3) is 0.143. The molecule has 0 fully saturated rings. The van der Waals surface area contributed by atoms with Gasteiger partial charge >= 0.3 is 0 Å². The zero-order valence-corrected chi connectivity index (χ0v) is 10.2. The molecular formula is C14H12ClFO. The Hall–Kier alpha value is -1.54. The summed E-state index contributed by atoms with van der Waals surface area (Å²) in [6.07, 6.45) is 0. The highest BCUT2D eigenvalue weighted by Gasteiger charge is 2.04. The Morgan fingerprint density at radius 1 is 1.18 bits per heavy atom.